The average molecular weight is 371 g/mol. The van der Waals surface area contributed by atoms with Crippen molar-refractivity contribution in [3.63, 3.8) is 0 Å². The van der Waals surface area contributed by atoms with Crippen molar-refractivity contribution in [3.05, 3.63) is 39.7 Å². The van der Waals surface area contributed by atoms with Gasteiger partial charge in [-0.3, -0.25) is 4.79 Å². The van der Waals surface area contributed by atoms with Crippen LogP contribution in [0.25, 0.3) is 0 Å². The Labute approximate surface area is 124 Å². The number of halogens is 1. The number of nitrogens with two attached hydrogens (primary N) is 1. The number of nitrogens with zero attached hydrogens (tertiary/aromatic N) is 3. The Morgan fingerprint density at radius 1 is 1.53 bits per heavy atom. The third-order valence-corrected chi connectivity index (χ3v) is 3.42. The number of carbonyl (C=O) groups is 1. The lowest BCUT2D eigenvalue weighted by atomic mass is 10.3. The number of hydrogen-bond acceptors (Lipinski definition) is 4. The molecule has 1 aromatic carbocycles. The van der Waals surface area contributed by atoms with Crippen LogP contribution in [0.5, 0.6) is 0 Å². The molecule has 0 fully saturated rings. The quantitative estimate of drug-likeness (QED) is 0.799. The van der Waals surface area contributed by atoms with E-state index in [0.717, 1.165) is 9.26 Å². The zero-order valence-electron chi connectivity index (χ0n) is 10.4. The van der Waals surface area contributed by atoms with Crippen molar-refractivity contribution >= 4 is 34.2 Å². The molecular weight excluding hydrogens is 357 g/mol. The van der Waals surface area contributed by atoms with Crippen molar-refractivity contribution in [3.8, 4) is 0 Å². The maximum absolute atomic E-state index is 11.9. The summed E-state index contributed by atoms with van der Waals surface area (Å²) >= 11 is 2.17. The summed E-state index contributed by atoms with van der Waals surface area (Å²) in [5, 5.41) is 10.6. The fraction of sp³-hybridized carbons (Fsp3) is 0.250. The lowest BCUT2D eigenvalue weighted by molar-refractivity contribution is -0.116. The predicted octanol–water partition coefficient (Wildman–Crippen LogP) is 1.54. The maximum Gasteiger partial charge on any atom is 0.246 e. The van der Waals surface area contributed by atoms with Gasteiger partial charge in [0.2, 0.25) is 5.91 Å². The molecule has 100 valence electrons. The van der Waals surface area contributed by atoms with Gasteiger partial charge in [-0.1, -0.05) is 17.3 Å². The monoisotopic (exact) mass is 371 g/mol. The highest BCUT2D eigenvalue weighted by atomic mass is 127. The number of carbonyl (C=O) groups excluding carboxylic acids is 1. The van der Waals surface area contributed by atoms with Crippen molar-refractivity contribution in [2.24, 2.45) is 5.73 Å². The number of amides is 1. The van der Waals surface area contributed by atoms with E-state index in [1.165, 1.54) is 4.68 Å². The van der Waals surface area contributed by atoms with E-state index in [-0.39, 0.29) is 18.5 Å². The zero-order chi connectivity index (χ0) is 13.8. The molecule has 19 heavy (non-hydrogen) atoms. The fourth-order valence-electron chi connectivity index (χ4n) is 1.50. The van der Waals surface area contributed by atoms with E-state index in [1.54, 1.807) is 6.20 Å². The molecule has 0 aliphatic rings. The van der Waals surface area contributed by atoms with Crippen LogP contribution >= 0.6 is 22.6 Å². The first-order valence-corrected chi connectivity index (χ1v) is 6.84. The number of rotatable bonds is 4. The number of aromatic nitrogens is 3. The summed E-state index contributed by atoms with van der Waals surface area (Å²) in [5.74, 6) is -0.148. The molecule has 3 N–H and O–H groups in total. The molecule has 0 aliphatic heterocycles. The molecule has 0 bridgehead atoms. The first-order valence-electron chi connectivity index (χ1n) is 5.76. The molecule has 7 heteroatoms. The zero-order valence-corrected chi connectivity index (χ0v) is 12.5. The van der Waals surface area contributed by atoms with E-state index in [1.807, 2.05) is 31.2 Å². The van der Waals surface area contributed by atoms with Crippen LogP contribution in [0.15, 0.2) is 30.5 Å². The second kappa shape index (κ2) is 6.11. The SMILES string of the molecule is CC(N)c1cn(CC(=O)Nc2ccccc2I)nn1. The minimum Gasteiger partial charge on any atom is -0.324 e. The van der Waals surface area contributed by atoms with Crippen molar-refractivity contribution in [1.82, 2.24) is 15.0 Å². The van der Waals surface area contributed by atoms with E-state index < -0.39 is 0 Å². The predicted molar refractivity (Wildman–Crippen MR) is 80.4 cm³/mol. The first kappa shape index (κ1) is 13.9. The third kappa shape index (κ3) is 3.74. The van der Waals surface area contributed by atoms with Crippen LogP contribution < -0.4 is 11.1 Å². The molecule has 1 unspecified atom stereocenters. The Balaban J connectivity index is 1.99. The van der Waals surface area contributed by atoms with Crippen molar-refractivity contribution in [1.29, 1.82) is 0 Å². The Kier molecular flexibility index (Phi) is 4.48. The third-order valence-electron chi connectivity index (χ3n) is 2.48. The Bertz CT molecular complexity index is 581. The second-order valence-electron chi connectivity index (χ2n) is 4.16. The van der Waals surface area contributed by atoms with E-state index in [0.29, 0.717) is 5.69 Å². The van der Waals surface area contributed by atoms with Gasteiger partial charge in [0, 0.05) is 9.61 Å². The smallest absolute Gasteiger partial charge is 0.246 e. The summed E-state index contributed by atoms with van der Waals surface area (Å²) in [6, 6.07) is 7.39. The van der Waals surface area contributed by atoms with E-state index in [2.05, 4.69) is 38.2 Å². The topological polar surface area (TPSA) is 85.8 Å². The number of anilines is 1. The minimum absolute atomic E-state index is 0.116. The molecule has 1 atom stereocenters. The van der Waals surface area contributed by atoms with Gasteiger partial charge in [-0.15, -0.1) is 5.10 Å². The summed E-state index contributed by atoms with van der Waals surface area (Å²) in [5.41, 5.74) is 7.14. The summed E-state index contributed by atoms with van der Waals surface area (Å²) in [7, 11) is 0. The van der Waals surface area contributed by atoms with Gasteiger partial charge in [0.05, 0.1) is 17.6 Å². The van der Waals surface area contributed by atoms with Crippen LogP contribution in [0, 0.1) is 3.57 Å². The maximum atomic E-state index is 11.9. The Hall–Kier alpha value is -1.48. The summed E-state index contributed by atoms with van der Waals surface area (Å²) in [4.78, 5) is 11.9. The number of hydrogen-bond donors (Lipinski definition) is 2. The van der Waals surface area contributed by atoms with Gasteiger partial charge in [0.25, 0.3) is 0 Å². The van der Waals surface area contributed by atoms with Crippen molar-refractivity contribution in [2.45, 2.75) is 19.5 Å². The molecule has 1 aromatic heterocycles. The molecular formula is C12H14IN5O. The van der Waals surface area contributed by atoms with Gasteiger partial charge in [0.15, 0.2) is 0 Å². The highest BCUT2D eigenvalue weighted by Crippen LogP contribution is 2.16. The molecule has 0 spiro atoms. The van der Waals surface area contributed by atoms with E-state index >= 15 is 0 Å². The number of benzene rings is 1. The number of para-hydroxylation sites is 1. The second-order valence-corrected chi connectivity index (χ2v) is 5.32. The Morgan fingerprint density at radius 2 is 2.26 bits per heavy atom. The fourth-order valence-corrected chi connectivity index (χ4v) is 2.02. The van der Waals surface area contributed by atoms with Crippen LogP contribution in [0.3, 0.4) is 0 Å². The molecule has 2 rings (SSSR count). The molecule has 2 aromatic rings. The summed E-state index contributed by atoms with van der Waals surface area (Å²) < 4.78 is 2.47. The lowest BCUT2D eigenvalue weighted by Gasteiger charge is -2.06. The number of nitrogens with one attached hydrogen (secondary N) is 1. The van der Waals surface area contributed by atoms with Crippen LogP contribution in [-0.2, 0) is 11.3 Å². The minimum atomic E-state index is -0.188. The highest BCUT2D eigenvalue weighted by molar-refractivity contribution is 14.1. The first-order chi connectivity index (χ1) is 9.06. The molecule has 0 saturated carbocycles. The standard InChI is InChI=1S/C12H14IN5O/c1-8(14)11-6-18(17-16-11)7-12(19)15-10-5-3-2-4-9(10)13/h2-6,8H,7,14H2,1H3,(H,15,19). The van der Waals surface area contributed by atoms with E-state index in [9.17, 15) is 4.79 Å². The van der Waals surface area contributed by atoms with Crippen LogP contribution in [0.4, 0.5) is 5.69 Å². The molecule has 0 saturated heterocycles. The Morgan fingerprint density at radius 3 is 2.89 bits per heavy atom. The largest absolute Gasteiger partial charge is 0.324 e. The molecule has 0 radical (unpaired) electrons. The highest BCUT2D eigenvalue weighted by Gasteiger charge is 2.09. The van der Waals surface area contributed by atoms with Crippen LogP contribution in [-0.4, -0.2) is 20.9 Å². The molecule has 0 aliphatic carbocycles. The van der Waals surface area contributed by atoms with Crippen LogP contribution in [0.2, 0.25) is 0 Å². The van der Waals surface area contributed by atoms with Crippen LogP contribution in [0.1, 0.15) is 18.7 Å². The van der Waals surface area contributed by atoms with E-state index in [4.69, 9.17) is 5.73 Å². The van der Waals surface area contributed by atoms with Gasteiger partial charge in [-0.05, 0) is 41.6 Å². The van der Waals surface area contributed by atoms with Crippen molar-refractivity contribution in [2.75, 3.05) is 5.32 Å². The average Bonchev–Trinajstić information content (AvgIpc) is 2.80. The molecule has 1 heterocycles. The summed E-state index contributed by atoms with van der Waals surface area (Å²) in [6.07, 6.45) is 1.68. The summed E-state index contributed by atoms with van der Waals surface area (Å²) in [6.45, 7) is 1.94. The van der Waals surface area contributed by atoms with Gasteiger partial charge < -0.3 is 11.1 Å². The lowest BCUT2D eigenvalue weighted by Crippen LogP contribution is -2.19. The van der Waals surface area contributed by atoms with Gasteiger partial charge in [-0.2, -0.15) is 0 Å². The van der Waals surface area contributed by atoms with Gasteiger partial charge in [-0.25, -0.2) is 4.68 Å². The van der Waals surface area contributed by atoms with Gasteiger partial charge in [0.1, 0.15) is 6.54 Å². The van der Waals surface area contributed by atoms with Crippen molar-refractivity contribution < 1.29 is 4.79 Å². The normalized spacial score (nSPS) is 12.2. The molecule has 6 nitrogen and oxygen atoms in total. The van der Waals surface area contributed by atoms with Gasteiger partial charge >= 0.3 is 0 Å². The molecule has 1 amide bonds.